The lowest BCUT2D eigenvalue weighted by Gasteiger charge is -2.19. The molecule has 0 radical (unpaired) electrons. The second kappa shape index (κ2) is 7.51. The van der Waals surface area contributed by atoms with Crippen molar-refractivity contribution in [1.29, 1.82) is 5.26 Å². The van der Waals surface area contributed by atoms with Crippen molar-refractivity contribution < 1.29 is 4.79 Å². The lowest BCUT2D eigenvalue weighted by atomic mass is 10.00. The Balaban J connectivity index is 1.96. The molecule has 0 saturated heterocycles. The minimum atomic E-state index is -0.101. The molecule has 1 aromatic carbocycles. The highest BCUT2D eigenvalue weighted by Gasteiger charge is 2.28. The lowest BCUT2D eigenvalue weighted by Crippen LogP contribution is -2.31. The monoisotopic (exact) mass is 364 g/mol. The third kappa shape index (κ3) is 3.24. The molecule has 0 unspecified atom stereocenters. The molecular weight excluding hydrogens is 348 g/mol. The van der Waals surface area contributed by atoms with Gasteiger partial charge in [-0.3, -0.25) is 9.79 Å². The van der Waals surface area contributed by atoms with Gasteiger partial charge in [-0.05, 0) is 41.8 Å². The van der Waals surface area contributed by atoms with Crippen LogP contribution in [0.1, 0.15) is 22.3 Å². The van der Waals surface area contributed by atoms with Gasteiger partial charge in [0.1, 0.15) is 11.2 Å². The largest absolute Gasteiger partial charge is 0.310 e. The number of allylic oxidation sites excluding steroid dienone is 1. The van der Waals surface area contributed by atoms with Crippen molar-refractivity contribution >= 4 is 28.9 Å². The Morgan fingerprint density at radius 1 is 1.54 bits per heavy atom. The molecule has 26 heavy (non-hydrogen) atoms. The van der Waals surface area contributed by atoms with Gasteiger partial charge in [0.2, 0.25) is 5.91 Å². The third-order valence-electron chi connectivity index (χ3n) is 4.39. The Bertz CT molecular complexity index is 959. The molecule has 0 aliphatic carbocycles. The van der Waals surface area contributed by atoms with Crippen LogP contribution < -0.4 is 4.90 Å². The number of pyridine rings is 1. The number of nitriles is 1. The van der Waals surface area contributed by atoms with Crippen LogP contribution in [-0.4, -0.2) is 30.2 Å². The van der Waals surface area contributed by atoms with Gasteiger partial charge < -0.3 is 4.90 Å². The maximum absolute atomic E-state index is 12.8. The minimum absolute atomic E-state index is 0.101. The van der Waals surface area contributed by atoms with Crippen LogP contribution in [0.4, 0.5) is 5.69 Å². The molecule has 0 spiro atoms. The number of nitrogens with zero attached hydrogens (tertiary/aromatic N) is 4. The van der Waals surface area contributed by atoms with E-state index in [9.17, 15) is 10.1 Å². The van der Waals surface area contributed by atoms with Crippen molar-refractivity contribution in [2.24, 2.45) is 4.99 Å². The standard InChI is InChI=1S/C20H17ClN4O/c1-3-17(23-2)15-9-13-6-8-25(19(13)16(10-15)12-22)18(26)11-14-5-4-7-24-20(14)21/h3-5,7,9-10H,1,6,8,11H2,2H3. The highest BCUT2D eigenvalue weighted by atomic mass is 35.5. The van der Waals surface area contributed by atoms with E-state index in [1.807, 2.05) is 6.07 Å². The van der Waals surface area contributed by atoms with E-state index in [1.54, 1.807) is 42.4 Å². The number of hydrogen-bond acceptors (Lipinski definition) is 4. The number of carbonyl (C=O) groups is 1. The van der Waals surface area contributed by atoms with Gasteiger partial charge in [0.05, 0.1) is 23.4 Å². The van der Waals surface area contributed by atoms with E-state index in [2.05, 4.69) is 22.6 Å². The van der Waals surface area contributed by atoms with E-state index in [0.717, 1.165) is 16.8 Å². The fourth-order valence-corrected chi connectivity index (χ4v) is 3.36. The number of anilines is 1. The highest BCUT2D eigenvalue weighted by Crippen LogP contribution is 2.34. The number of hydrogen-bond donors (Lipinski definition) is 0. The summed E-state index contributed by atoms with van der Waals surface area (Å²) in [6, 6.07) is 9.48. The molecule has 5 nitrogen and oxygen atoms in total. The maximum atomic E-state index is 12.8. The fourth-order valence-electron chi connectivity index (χ4n) is 3.18. The molecule has 0 atom stereocenters. The summed E-state index contributed by atoms with van der Waals surface area (Å²) in [6.07, 6.45) is 4.08. The Morgan fingerprint density at radius 2 is 2.35 bits per heavy atom. The zero-order valence-electron chi connectivity index (χ0n) is 14.4. The van der Waals surface area contributed by atoms with E-state index < -0.39 is 0 Å². The predicted octanol–water partition coefficient (Wildman–Crippen LogP) is 3.34. The van der Waals surface area contributed by atoms with E-state index >= 15 is 0 Å². The molecule has 0 N–H and O–H groups in total. The normalized spacial score (nSPS) is 13.3. The lowest BCUT2D eigenvalue weighted by molar-refractivity contribution is -0.117. The van der Waals surface area contributed by atoms with Crippen molar-refractivity contribution in [3.8, 4) is 6.07 Å². The van der Waals surface area contributed by atoms with Crippen molar-refractivity contribution in [3.05, 3.63) is 70.5 Å². The number of benzene rings is 1. The second-order valence-corrected chi connectivity index (χ2v) is 6.24. The molecule has 0 saturated carbocycles. The molecule has 2 heterocycles. The van der Waals surface area contributed by atoms with Gasteiger partial charge in [-0.15, -0.1) is 0 Å². The van der Waals surface area contributed by atoms with Crippen LogP contribution in [0.25, 0.3) is 0 Å². The Hall–Kier alpha value is -2.97. The van der Waals surface area contributed by atoms with Crippen LogP contribution >= 0.6 is 11.6 Å². The highest BCUT2D eigenvalue weighted by molar-refractivity contribution is 6.30. The summed E-state index contributed by atoms with van der Waals surface area (Å²) in [5.41, 5.74) is 4.34. The zero-order chi connectivity index (χ0) is 18.7. The van der Waals surface area contributed by atoms with Crippen molar-refractivity contribution in [3.63, 3.8) is 0 Å². The molecule has 6 heteroatoms. The van der Waals surface area contributed by atoms with Gasteiger partial charge in [0.15, 0.2) is 0 Å². The van der Waals surface area contributed by atoms with Crippen molar-refractivity contribution in [2.75, 3.05) is 18.5 Å². The van der Waals surface area contributed by atoms with Gasteiger partial charge in [-0.2, -0.15) is 5.26 Å². The number of rotatable bonds is 4. The molecule has 0 fully saturated rings. The smallest absolute Gasteiger partial charge is 0.231 e. The van der Waals surface area contributed by atoms with Gasteiger partial charge in [0.25, 0.3) is 0 Å². The van der Waals surface area contributed by atoms with Crippen LogP contribution in [0, 0.1) is 11.3 Å². The first-order valence-corrected chi connectivity index (χ1v) is 8.53. The average Bonchev–Trinajstić information content (AvgIpc) is 3.08. The summed E-state index contributed by atoms with van der Waals surface area (Å²) in [7, 11) is 1.68. The average molecular weight is 365 g/mol. The summed E-state index contributed by atoms with van der Waals surface area (Å²) < 4.78 is 0. The van der Waals surface area contributed by atoms with Gasteiger partial charge in [0, 0.05) is 25.4 Å². The molecule has 1 aromatic heterocycles. The molecule has 1 aliphatic heterocycles. The molecule has 0 bridgehead atoms. The Morgan fingerprint density at radius 3 is 3.00 bits per heavy atom. The number of carbonyl (C=O) groups excluding carboxylic acids is 1. The van der Waals surface area contributed by atoms with Crippen molar-refractivity contribution in [1.82, 2.24) is 4.98 Å². The Labute approximate surface area is 157 Å². The van der Waals surface area contributed by atoms with Crippen LogP contribution in [0.15, 0.2) is 48.1 Å². The van der Waals surface area contributed by atoms with E-state index in [0.29, 0.717) is 34.9 Å². The zero-order valence-corrected chi connectivity index (χ0v) is 15.1. The first-order chi connectivity index (χ1) is 12.6. The second-order valence-electron chi connectivity index (χ2n) is 5.88. The van der Waals surface area contributed by atoms with Gasteiger partial charge >= 0.3 is 0 Å². The summed E-state index contributed by atoms with van der Waals surface area (Å²) in [5.74, 6) is -0.101. The Kier molecular flexibility index (Phi) is 5.15. The summed E-state index contributed by atoms with van der Waals surface area (Å²) in [5, 5.41) is 9.93. The minimum Gasteiger partial charge on any atom is -0.310 e. The molecule has 3 rings (SSSR count). The molecule has 2 aromatic rings. The summed E-state index contributed by atoms with van der Waals surface area (Å²) >= 11 is 6.06. The molecule has 1 aliphatic rings. The van der Waals surface area contributed by atoms with Crippen LogP contribution in [0.5, 0.6) is 0 Å². The SMILES string of the molecule is C=CC(=NC)c1cc(C#N)c2c(c1)CCN2C(=O)Cc1cccnc1Cl. The first-order valence-electron chi connectivity index (χ1n) is 8.15. The van der Waals surface area contributed by atoms with Crippen molar-refractivity contribution in [2.45, 2.75) is 12.8 Å². The van der Waals surface area contributed by atoms with E-state index in [1.165, 1.54) is 0 Å². The fraction of sp³-hybridized carbons (Fsp3) is 0.200. The topological polar surface area (TPSA) is 69.3 Å². The van der Waals surface area contributed by atoms with Gasteiger partial charge in [-0.1, -0.05) is 24.2 Å². The predicted molar refractivity (Wildman–Crippen MR) is 103 cm³/mol. The number of fused-ring (bicyclic) bond motifs is 1. The number of aromatic nitrogens is 1. The summed E-state index contributed by atoms with van der Waals surface area (Å²) in [6.45, 7) is 4.30. The molecular formula is C20H17ClN4O. The first kappa shape index (κ1) is 17.8. The molecule has 130 valence electrons. The maximum Gasteiger partial charge on any atom is 0.231 e. The number of aliphatic imine (C=N–C) groups is 1. The summed E-state index contributed by atoms with van der Waals surface area (Å²) in [4.78, 5) is 22.7. The van der Waals surface area contributed by atoms with E-state index in [4.69, 9.17) is 11.6 Å². The molecule has 1 amide bonds. The van der Waals surface area contributed by atoms with Crippen LogP contribution in [0.2, 0.25) is 5.15 Å². The number of amides is 1. The van der Waals surface area contributed by atoms with Crippen LogP contribution in [-0.2, 0) is 17.6 Å². The number of halogens is 1. The van der Waals surface area contributed by atoms with Crippen LogP contribution in [0.3, 0.4) is 0 Å². The van der Waals surface area contributed by atoms with Gasteiger partial charge in [-0.25, -0.2) is 4.98 Å². The third-order valence-corrected chi connectivity index (χ3v) is 4.73. The quantitative estimate of drug-likeness (QED) is 0.617. The van der Waals surface area contributed by atoms with E-state index in [-0.39, 0.29) is 12.3 Å².